The van der Waals surface area contributed by atoms with E-state index in [9.17, 15) is 0 Å². The highest BCUT2D eigenvalue weighted by Gasteiger charge is 2.25. The van der Waals surface area contributed by atoms with E-state index in [4.69, 9.17) is 16.3 Å². The van der Waals surface area contributed by atoms with Crippen molar-refractivity contribution in [1.82, 2.24) is 15.2 Å². The first-order chi connectivity index (χ1) is 11.7. The molecule has 24 heavy (non-hydrogen) atoms. The smallest absolute Gasteiger partial charge is 0.247 e. The summed E-state index contributed by atoms with van der Waals surface area (Å²) in [4.78, 5) is 4.48. The van der Waals surface area contributed by atoms with E-state index in [1.165, 1.54) is 11.8 Å². The topological polar surface area (TPSA) is 59.9 Å². The van der Waals surface area contributed by atoms with E-state index in [1.807, 2.05) is 54.8 Å². The monoisotopic (exact) mass is 356 g/mol. The van der Waals surface area contributed by atoms with Crippen LogP contribution in [0.5, 0.6) is 5.88 Å². The largest absolute Gasteiger partial charge is 0.448 e. The molecule has 5 nitrogen and oxygen atoms in total. The van der Waals surface area contributed by atoms with Gasteiger partial charge in [0.2, 0.25) is 11.0 Å². The van der Waals surface area contributed by atoms with E-state index in [2.05, 4.69) is 20.5 Å². The summed E-state index contributed by atoms with van der Waals surface area (Å²) < 4.78 is 6.13. The molecule has 0 aliphatic carbocycles. The molecule has 1 aliphatic rings. The Kier molecular flexibility index (Phi) is 4.00. The molecule has 7 heteroatoms. The van der Waals surface area contributed by atoms with Crippen molar-refractivity contribution in [3.05, 3.63) is 59.1 Å². The Morgan fingerprint density at radius 1 is 1.12 bits per heavy atom. The Bertz CT molecular complexity index is 905. The molecule has 0 fully saturated rings. The van der Waals surface area contributed by atoms with E-state index >= 15 is 0 Å². The quantitative estimate of drug-likeness (QED) is 0.686. The summed E-state index contributed by atoms with van der Waals surface area (Å²) in [5, 5.41) is 13.1. The van der Waals surface area contributed by atoms with Crippen LogP contribution in [-0.2, 0) is 0 Å². The van der Waals surface area contributed by atoms with Gasteiger partial charge < -0.3 is 10.1 Å². The van der Waals surface area contributed by atoms with E-state index in [0.717, 1.165) is 16.8 Å². The van der Waals surface area contributed by atoms with Gasteiger partial charge in [0.15, 0.2) is 11.9 Å². The molecule has 0 saturated heterocycles. The van der Waals surface area contributed by atoms with Gasteiger partial charge in [-0.15, -0.1) is 10.2 Å². The van der Waals surface area contributed by atoms with Gasteiger partial charge in [0, 0.05) is 21.8 Å². The Morgan fingerprint density at radius 2 is 2.00 bits per heavy atom. The van der Waals surface area contributed by atoms with Crippen molar-refractivity contribution in [3.63, 3.8) is 0 Å². The minimum Gasteiger partial charge on any atom is -0.448 e. The number of thioether (sulfide) groups is 1. The molecule has 1 N–H and O–H groups in total. The van der Waals surface area contributed by atoms with Crippen molar-refractivity contribution < 1.29 is 4.74 Å². The highest BCUT2D eigenvalue weighted by molar-refractivity contribution is 7.98. The summed E-state index contributed by atoms with van der Waals surface area (Å²) in [6, 6.07) is 15.4. The second kappa shape index (κ2) is 6.30. The van der Waals surface area contributed by atoms with E-state index < -0.39 is 6.23 Å². The number of aromatic nitrogens is 3. The van der Waals surface area contributed by atoms with Crippen LogP contribution in [0.25, 0.3) is 11.3 Å². The van der Waals surface area contributed by atoms with Gasteiger partial charge in [-0.1, -0.05) is 53.7 Å². The molecule has 0 amide bonds. The average Bonchev–Trinajstić information content (AvgIpc) is 2.78. The molecular formula is C17H13ClN4OS. The second-order valence-corrected chi connectivity index (χ2v) is 6.40. The maximum atomic E-state index is 6.13. The lowest BCUT2D eigenvalue weighted by molar-refractivity contribution is 0.225. The van der Waals surface area contributed by atoms with Crippen LogP contribution in [0.1, 0.15) is 11.8 Å². The number of nitrogens with zero attached hydrogens (tertiary/aromatic N) is 3. The molecule has 2 aromatic carbocycles. The summed E-state index contributed by atoms with van der Waals surface area (Å²) in [6.07, 6.45) is 1.48. The molecule has 2 heterocycles. The Balaban J connectivity index is 1.87. The molecule has 1 unspecified atom stereocenters. The number of para-hydroxylation sites is 1. The lowest BCUT2D eigenvalue weighted by atomic mass is 10.1. The molecule has 3 aromatic rings. The predicted octanol–water partition coefficient (Wildman–Crippen LogP) is 4.42. The molecule has 120 valence electrons. The molecule has 1 aromatic heterocycles. The maximum absolute atomic E-state index is 6.13. The van der Waals surface area contributed by atoms with Crippen molar-refractivity contribution in [3.8, 4) is 17.1 Å². The zero-order valence-corrected chi connectivity index (χ0v) is 14.3. The fourth-order valence-electron chi connectivity index (χ4n) is 2.55. The lowest BCUT2D eigenvalue weighted by Crippen LogP contribution is -2.17. The van der Waals surface area contributed by atoms with Gasteiger partial charge in [0.25, 0.3) is 0 Å². The normalized spacial score (nSPS) is 15.5. The van der Waals surface area contributed by atoms with Crippen molar-refractivity contribution >= 4 is 29.1 Å². The SMILES string of the molecule is CSc1nnc2c(n1)OC(c1cccc(Cl)c1)Nc1ccccc1-2. The van der Waals surface area contributed by atoms with Gasteiger partial charge in [-0.25, -0.2) is 0 Å². The van der Waals surface area contributed by atoms with E-state index in [0.29, 0.717) is 21.8 Å². The first-order valence-electron chi connectivity index (χ1n) is 7.31. The molecule has 0 saturated carbocycles. The number of ether oxygens (including phenoxy) is 1. The van der Waals surface area contributed by atoms with Crippen LogP contribution in [0.2, 0.25) is 5.02 Å². The molecule has 4 rings (SSSR count). The molecule has 1 atom stereocenters. The van der Waals surface area contributed by atoms with E-state index in [1.54, 1.807) is 0 Å². The van der Waals surface area contributed by atoms with Crippen LogP contribution in [0.4, 0.5) is 5.69 Å². The summed E-state index contributed by atoms with van der Waals surface area (Å²) >= 11 is 7.55. The first kappa shape index (κ1) is 15.2. The Labute approximate surface area is 148 Å². The van der Waals surface area contributed by atoms with Gasteiger partial charge in [-0.2, -0.15) is 4.98 Å². The van der Waals surface area contributed by atoms with E-state index in [-0.39, 0.29) is 0 Å². The summed E-state index contributed by atoms with van der Waals surface area (Å²) in [5.41, 5.74) is 3.36. The zero-order valence-electron chi connectivity index (χ0n) is 12.7. The fraction of sp³-hybridized carbons (Fsp3) is 0.118. The Hall–Kier alpha value is -2.31. The minimum atomic E-state index is -0.419. The van der Waals surface area contributed by atoms with Gasteiger partial charge >= 0.3 is 0 Å². The highest BCUT2D eigenvalue weighted by Crippen LogP contribution is 2.39. The van der Waals surface area contributed by atoms with Crippen LogP contribution < -0.4 is 10.1 Å². The summed E-state index contributed by atoms with van der Waals surface area (Å²) in [6.45, 7) is 0. The van der Waals surface area contributed by atoms with Crippen molar-refractivity contribution in [2.75, 3.05) is 11.6 Å². The third kappa shape index (κ3) is 2.79. The van der Waals surface area contributed by atoms with Crippen molar-refractivity contribution in [2.45, 2.75) is 11.4 Å². The van der Waals surface area contributed by atoms with Crippen LogP contribution in [0.3, 0.4) is 0 Å². The lowest BCUT2D eigenvalue weighted by Gasteiger charge is -2.19. The number of rotatable bonds is 2. The summed E-state index contributed by atoms with van der Waals surface area (Å²) in [5.74, 6) is 0.455. The number of hydrogen-bond donors (Lipinski definition) is 1. The standard InChI is InChI=1S/C17H13ClN4OS/c1-24-17-20-16-14(21-22-17)12-7-2-3-8-13(12)19-15(23-16)10-5-4-6-11(18)9-10/h2-9,15,19H,1H3. The number of halogens is 1. The van der Waals surface area contributed by atoms with Crippen LogP contribution >= 0.6 is 23.4 Å². The maximum Gasteiger partial charge on any atom is 0.247 e. The van der Waals surface area contributed by atoms with Crippen molar-refractivity contribution in [1.29, 1.82) is 0 Å². The van der Waals surface area contributed by atoms with Gasteiger partial charge in [-0.3, -0.25) is 0 Å². The average molecular weight is 357 g/mol. The van der Waals surface area contributed by atoms with Crippen LogP contribution in [0, 0.1) is 0 Å². The molecule has 1 aliphatic heterocycles. The van der Waals surface area contributed by atoms with Crippen LogP contribution in [-0.4, -0.2) is 21.4 Å². The third-order valence-corrected chi connectivity index (χ3v) is 4.44. The highest BCUT2D eigenvalue weighted by atomic mass is 35.5. The number of benzene rings is 2. The van der Waals surface area contributed by atoms with Gasteiger partial charge in [0.1, 0.15) is 0 Å². The molecule has 0 radical (unpaired) electrons. The molecule has 0 bridgehead atoms. The fourth-order valence-corrected chi connectivity index (χ4v) is 3.05. The number of hydrogen-bond acceptors (Lipinski definition) is 6. The summed E-state index contributed by atoms with van der Waals surface area (Å²) in [7, 11) is 0. The number of nitrogens with one attached hydrogen (secondary N) is 1. The minimum absolute atomic E-state index is 0.419. The first-order valence-corrected chi connectivity index (χ1v) is 8.91. The van der Waals surface area contributed by atoms with Gasteiger partial charge in [-0.05, 0) is 24.5 Å². The molecule has 0 spiro atoms. The van der Waals surface area contributed by atoms with Crippen LogP contribution in [0.15, 0.2) is 53.7 Å². The molecular weight excluding hydrogens is 344 g/mol. The second-order valence-electron chi connectivity index (χ2n) is 5.20. The number of anilines is 1. The zero-order chi connectivity index (χ0) is 16.5. The number of fused-ring (bicyclic) bond motifs is 3. The predicted molar refractivity (Wildman–Crippen MR) is 95.5 cm³/mol. The van der Waals surface area contributed by atoms with Gasteiger partial charge in [0.05, 0.1) is 0 Å². The third-order valence-electron chi connectivity index (χ3n) is 3.67. The Morgan fingerprint density at radius 3 is 2.83 bits per heavy atom. The van der Waals surface area contributed by atoms with Crippen molar-refractivity contribution in [2.24, 2.45) is 0 Å².